The Hall–Kier alpha value is -1.25. The molecule has 0 aliphatic heterocycles. The molecule has 0 atom stereocenters. The summed E-state index contributed by atoms with van der Waals surface area (Å²) in [5.41, 5.74) is 4.19. The van der Waals surface area contributed by atoms with Crippen molar-refractivity contribution < 1.29 is 31.9 Å². The van der Waals surface area contributed by atoms with Crippen LogP contribution in [-0.4, -0.2) is 10.2 Å². The van der Waals surface area contributed by atoms with Crippen molar-refractivity contribution in [2.24, 2.45) is 0 Å². The summed E-state index contributed by atoms with van der Waals surface area (Å²) in [7, 11) is 0. The van der Waals surface area contributed by atoms with Crippen LogP contribution in [-0.2, 0) is 21.7 Å². The molecule has 2 N–H and O–H groups in total. The quantitative estimate of drug-likeness (QED) is 0.526. The van der Waals surface area contributed by atoms with Gasteiger partial charge in [-0.1, -0.05) is 91.8 Å². The minimum absolute atomic E-state index is 0. The predicted molar refractivity (Wildman–Crippen MR) is 113 cm³/mol. The van der Waals surface area contributed by atoms with Gasteiger partial charge in [0.15, 0.2) is 0 Å². The van der Waals surface area contributed by atoms with E-state index < -0.39 is 0 Å². The summed E-state index contributed by atoms with van der Waals surface area (Å²) in [6.07, 6.45) is 0. The van der Waals surface area contributed by atoms with Gasteiger partial charge < -0.3 is 10.2 Å². The molecular formula is C24H36O2Ti. The van der Waals surface area contributed by atoms with E-state index in [-0.39, 0.29) is 21.7 Å². The molecule has 0 radical (unpaired) electrons. The van der Waals surface area contributed by atoms with Crippen LogP contribution in [0.4, 0.5) is 0 Å². The number of para-hydroxylation sites is 2. The van der Waals surface area contributed by atoms with Crippen LogP contribution in [0, 0.1) is 0 Å². The SMILES string of the molecule is CC(C)c1cccc(C(C)C)c1O.CC(C)c1cccc(C(C)C)c1O.[Ti]. The van der Waals surface area contributed by atoms with Gasteiger partial charge in [0, 0.05) is 21.7 Å². The van der Waals surface area contributed by atoms with Crippen LogP contribution in [0.5, 0.6) is 11.5 Å². The van der Waals surface area contributed by atoms with E-state index in [1.807, 2.05) is 36.4 Å². The first-order valence-electron chi connectivity index (χ1n) is 9.71. The number of aromatic hydroxyl groups is 2. The van der Waals surface area contributed by atoms with Crippen molar-refractivity contribution in [2.45, 2.75) is 79.1 Å². The van der Waals surface area contributed by atoms with Crippen LogP contribution in [0.2, 0.25) is 0 Å². The molecule has 0 aliphatic rings. The van der Waals surface area contributed by atoms with Gasteiger partial charge in [0.05, 0.1) is 0 Å². The minimum atomic E-state index is 0. The molecule has 0 amide bonds. The molecule has 0 aliphatic carbocycles. The number of phenolic OH excluding ortho intramolecular Hbond substituents is 2. The summed E-state index contributed by atoms with van der Waals surface area (Å²) in [6.45, 7) is 16.8. The molecule has 148 valence electrons. The fraction of sp³-hybridized carbons (Fsp3) is 0.500. The average Bonchev–Trinajstić information content (AvgIpc) is 2.54. The maximum Gasteiger partial charge on any atom is 0.122 e. The number of hydrogen-bond donors (Lipinski definition) is 2. The van der Waals surface area contributed by atoms with Crippen LogP contribution < -0.4 is 0 Å². The Kier molecular flexibility index (Phi) is 11.0. The molecule has 0 saturated heterocycles. The zero-order valence-corrected chi connectivity index (χ0v) is 19.7. The van der Waals surface area contributed by atoms with Crippen molar-refractivity contribution in [3.05, 3.63) is 58.7 Å². The third-order valence-corrected chi connectivity index (χ3v) is 4.68. The zero-order chi connectivity index (χ0) is 20.0. The molecule has 2 rings (SSSR count). The zero-order valence-electron chi connectivity index (χ0n) is 18.2. The molecule has 0 aromatic heterocycles. The number of benzene rings is 2. The van der Waals surface area contributed by atoms with Crippen molar-refractivity contribution in [1.82, 2.24) is 0 Å². The van der Waals surface area contributed by atoms with Gasteiger partial charge in [-0.25, -0.2) is 0 Å². The maximum absolute atomic E-state index is 9.93. The van der Waals surface area contributed by atoms with Gasteiger partial charge in [-0.05, 0) is 45.9 Å². The van der Waals surface area contributed by atoms with Gasteiger partial charge in [0.1, 0.15) is 11.5 Å². The van der Waals surface area contributed by atoms with E-state index in [4.69, 9.17) is 0 Å². The summed E-state index contributed by atoms with van der Waals surface area (Å²) >= 11 is 0. The Labute approximate surface area is 180 Å². The molecule has 2 nitrogen and oxygen atoms in total. The molecular weight excluding hydrogens is 368 g/mol. The molecule has 0 spiro atoms. The smallest absolute Gasteiger partial charge is 0.122 e. The fourth-order valence-electron chi connectivity index (χ4n) is 3.02. The molecule has 0 unspecified atom stereocenters. The third kappa shape index (κ3) is 7.01. The average molecular weight is 404 g/mol. The van der Waals surface area contributed by atoms with Crippen molar-refractivity contribution >= 4 is 0 Å². The molecule has 0 heterocycles. The third-order valence-electron chi connectivity index (χ3n) is 4.68. The Morgan fingerprint density at radius 2 is 0.667 bits per heavy atom. The summed E-state index contributed by atoms with van der Waals surface area (Å²) in [6, 6.07) is 12.0. The van der Waals surface area contributed by atoms with Gasteiger partial charge in [0.2, 0.25) is 0 Å². The molecule has 2 aromatic rings. The number of phenols is 2. The molecule has 2 aromatic carbocycles. The molecule has 0 saturated carbocycles. The Morgan fingerprint density at radius 1 is 0.481 bits per heavy atom. The summed E-state index contributed by atoms with van der Waals surface area (Å²) in [5, 5.41) is 19.9. The summed E-state index contributed by atoms with van der Waals surface area (Å²) in [5.74, 6) is 2.51. The second-order valence-corrected chi connectivity index (χ2v) is 8.19. The van der Waals surface area contributed by atoms with Gasteiger partial charge >= 0.3 is 0 Å². The van der Waals surface area contributed by atoms with Crippen LogP contribution in [0.15, 0.2) is 36.4 Å². The van der Waals surface area contributed by atoms with Crippen LogP contribution in [0.1, 0.15) is 101 Å². The first-order valence-corrected chi connectivity index (χ1v) is 9.71. The van der Waals surface area contributed by atoms with Crippen molar-refractivity contribution in [3.63, 3.8) is 0 Å². The van der Waals surface area contributed by atoms with Crippen LogP contribution in [0.3, 0.4) is 0 Å². The Bertz CT molecular complexity index is 590. The normalized spacial score (nSPS) is 10.8. The van der Waals surface area contributed by atoms with E-state index in [0.717, 1.165) is 22.3 Å². The van der Waals surface area contributed by atoms with E-state index >= 15 is 0 Å². The van der Waals surface area contributed by atoms with Gasteiger partial charge in [-0.3, -0.25) is 0 Å². The molecule has 0 bridgehead atoms. The van der Waals surface area contributed by atoms with E-state index in [0.29, 0.717) is 35.2 Å². The minimum Gasteiger partial charge on any atom is -0.507 e. The van der Waals surface area contributed by atoms with E-state index in [1.165, 1.54) is 0 Å². The van der Waals surface area contributed by atoms with Gasteiger partial charge in [-0.2, -0.15) is 0 Å². The van der Waals surface area contributed by atoms with Gasteiger partial charge in [-0.15, -0.1) is 0 Å². The Balaban J connectivity index is 0.000000483. The van der Waals surface area contributed by atoms with E-state index in [2.05, 4.69) is 55.4 Å². The van der Waals surface area contributed by atoms with Crippen molar-refractivity contribution in [1.29, 1.82) is 0 Å². The first kappa shape index (κ1) is 25.8. The summed E-state index contributed by atoms with van der Waals surface area (Å²) in [4.78, 5) is 0. The number of hydrogen-bond acceptors (Lipinski definition) is 2. The summed E-state index contributed by atoms with van der Waals surface area (Å²) < 4.78 is 0. The molecule has 0 fully saturated rings. The molecule has 3 heteroatoms. The fourth-order valence-corrected chi connectivity index (χ4v) is 3.02. The monoisotopic (exact) mass is 404 g/mol. The topological polar surface area (TPSA) is 40.5 Å². The second kappa shape index (κ2) is 11.6. The maximum atomic E-state index is 9.93. The largest absolute Gasteiger partial charge is 0.507 e. The predicted octanol–water partition coefficient (Wildman–Crippen LogP) is 7.28. The van der Waals surface area contributed by atoms with E-state index in [9.17, 15) is 10.2 Å². The van der Waals surface area contributed by atoms with Crippen molar-refractivity contribution in [2.75, 3.05) is 0 Å². The first-order chi connectivity index (χ1) is 12.1. The second-order valence-electron chi connectivity index (χ2n) is 8.19. The molecule has 27 heavy (non-hydrogen) atoms. The van der Waals surface area contributed by atoms with Gasteiger partial charge in [0.25, 0.3) is 0 Å². The standard InChI is InChI=1S/2C12H18O.Ti/c2*1-8(2)10-6-5-7-11(9(3)4)12(10)13;/h2*5-9,13H,1-4H3;. The van der Waals surface area contributed by atoms with Crippen molar-refractivity contribution in [3.8, 4) is 11.5 Å². The van der Waals surface area contributed by atoms with E-state index in [1.54, 1.807) is 0 Å². The number of rotatable bonds is 4. The van der Waals surface area contributed by atoms with Crippen LogP contribution >= 0.6 is 0 Å². The Morgan fingerprint density at radius 3 is 0.815 bits per heavy atom. The van der Waals surface area contributed by atoms with Crippen LogP contribution in [0.25, 0.3) is 0 Å².